The second-order valence-corrected chi connectivity index (χ2v) is 4.90. The van der Waals surface area contributed by atoms with Crippen molar-refractivity contribution in [2.24, 2.45) is 0 Å². The molecule has 0 saturated heterocycles. The van der Waals surface area contributed by atoms with Gasteiger partial charge < -0.3 is 15.8 Å². The molecule has 1 unspecified atom stereocenters. The Labute approximate surface area is 122 Å². The van der Waals surface area contributed by atoms with Crippen LogP contribution in [0.5, 0.6) is 5.75 Å². The fourth-order valence-corrected chi connectivity index (χ4v) is 2.06. The van der Waals surface area contributed by atoms with E-state index in [4.69, 9.17) is 22.1 Å². The molecule has 0 fully saturated rings. The molecule has 0 heterocycles. The summed E-state index contributed by atoms with van der Waals surface area (Å²) in [5.74, 6) is 0.275. The van der Waals surface area contributed by atoms with Crippen LogP contribution in [-0.4, -0.2) is 7.11 Å². The molecule has 3 N–H and O–H groups in total. The van der Waals surface area contributed by atoms with Crippen LogP contribution in [0, 0.1) is 5.82 Å². The van der Waals surface area contributed by atoms with E-state index in [-0.39, 0.29) is 11.1 Å². The second kappa shape index (κ2) is 6.01. The van der Waals surface area contributed by atoms with E-state index in [1.165, 1.54) is 12.1 Å². The largest absolute Gasteiger partial charge is 0.497 e. The lowest BCUT2D eigenvalue weighted by molar-refractivity contribution is 0.414. The molecule has 0 amide bonds. The first-order valence-corrected chi connectivity index (χ1v) is 6.54. The van der Waals surface area contributed by atoms with Crippen molar-refractivity contribution < 1.29 is 9.13 Å². The minimum absolute atomic E-state index is 0.00438. The average Bonchev–Trinajstić information content (AvgIpc) is 2.44. The third-order valence-electron chi connectivity index (χ3n) is 3.08. The monoisotopic (exact) mass is 294 g/mol. The van der Waals surface area contributed by atoms with Crippen LogP contribution in [0.25, 0.3) is 0 Å². The molecule has 0 aliphatic heterocycles. The van der Waals surface area contributed by atoms with Crippen LogP contribution in [0.1, 0.15) is 18.5 Å². The number of nitrogens with two attached hydrogens (primary N) is 1. The van der Waals surface area contributed by atoms with E-state index in [2.05, 4.69) is 5.32 Å². The summed E-state index contributed by atoms with van der Waals surface area (Å²) in [5.41, 5.74) is 7.78. The van der Waals surface area contributed by atoms with Crippen molar-refractivity contribution in [1.82, 2.24) is 0 Å². The van der Waals surface area contributed by atoms with Gasteiger partial charge in [-0.3, -0.25) is 0 Å². The van der Waals surface area contributed by atoms with Gasteiger partial charge in [0.25, 0.3) is 0 Å². The smallest absolute Gasteiger partial charge is 0.143 e. The molecule has 0 aliphatic rings. The highest BCUT2D eigenvalue weighted by molar-refractivity contribution is 6.31. The molecular formula is C15H16ClFN2O. The zero-order valence-electron chi connectivity index (χ0n) is 11.3. The molecule has 5 heteroatoms. The van der Waals surface area contributed by atoms with Gasteiger partial charge in [0.15, 0.2) is 0 Å². The summed E-state index contributed by atoms with van der Waals surface area (Å²) in [7, 11) is 1.62. The van der Waals surface area contributed by atoms with Gasteiger partial charge in [0.05, 0.1) is 23.5 Å². The summed E-state index contributed by atoms with van der Waals surface area (Å²) in [4.78, 5) is 0. The van der Waals surface area contributed by atoms with Crippen molar-refractivity contribution >= 4 is 23.0 Å². The Morgan fingerprint density at radius 2 is 1.90 bits per heavy atom. The molecule has 0 bridgehead atoms. The zero-order chi connectivity index (χ0) is 14.7. The summed E-state index contributed by atoms with van der Waals surface area (Å²) in [5, 5.41) is 3.26. The molecule has 0 saturated carbocycles. The topological polar surface area (TPSA) is 47.3 Å². The molecule has 0 spiro atoms. The highest BCUT2D eigenvalue weighted by Crippen LogP contribution is 2.29. The molecule has 2 rings (SSSR count). The molecule has 1 atom stereocenters. The number of hydrogen-bond acceptors (Lipinski definition) is 3. The van der Waals surface area contributed by atoms with Gasteiger partial charge in [0, 0.05) is 12.1 Å². The van der Waals surface area contributed by atoms with E-state index in [1.54, 1.807) is 7.11 Å². The quantitative estimate of drug-likeness (QED) is 0.829. The van der Waals surface area contributed by atoms with E-state index in [9.17, 15) is 4.39 Å². The van der Waals surface area contributed by atoms with Gasteiger partial charge >= 0.3 is 0 Å². The lowest BCUT2D eigenvalue weighted by Gasteiger charge is -2.18. The van der Waals surface area contributed by atoms with Gasteiger partial charge in [-0.05, 0) is 30.7 Å². The number of nitrogen functional groups attached to an aromatic ring is 1. The number of benzene rings is 2. The van der Waals surface area contributed by atoms with Gasteiger partial charge in [-0.1, -0.05) is 23.7 Å². The van der Waals surface area contributed by atoms with Gasteiger partial charge in [-0.2, -0.15) is 0 Å². The highest BCUT2D eigenvalue weighted by atomic mass is 35.5. The zero-order valence-corrected chi connectivity index (χ0v) is 12.0. The number of hydrogen-bond donors (Lipinski definition) is 2. The molecule has 2 aromatic carbocycles. The van der Waals surface area contributed by atoms with Gasteiger partial charge in [-0.15, -0.1) is 0 Å². The molecule has 0 radical (unpaired) electrons. The average molecular weight is 295 g/mol. The predicted octanol–water partition coefficient (Wildman–Crippen LogP) is 4.24. The third kappa shape index (κ3) is 3.14. The van der Waals surface area contributed by atoms with E-state index >= 15 is 0 Å². The van der Waals surface area contributed by atoms with E-state index in [0.29, 0.717) is 11.4 Å². The lowest BCUT2D eigenvalue weighted by Crippen LogP contribution is -2.08. The number of ether oxygens (including phenoxy) is 1. The van der Waals surface area contributed by atoms with Crippen molar-refractivity contribution in [1.29, 1.82) is 0 Å². The Balaban J connectivity index is 2.18. The number of methoxy groups -OCH3 is 1. The summed E-state index contributed by atoms with van der Waals surface area (Å²) < 4.78 is 18.4. The Bertz CT molecular complexity index is 602. The molecule has 0 aromatic heterocycles. The Kier molecular flexibility index (Phi) is 4.35. The first-order chi connectivity index (χ1) is 9.51. The predicted molar refractivity (Wildman–Crippen MR) is 80.9 cm³/mol. The number of nitrogens with one attached hydrogen (secondary N) is 1. The third-order valence-corrected chi connectivity index (χ3v) is 3.37. The Morgan fingerprint density at radius 3 is 2.50 bits per heavy atom. The number of halogens is 2. The maximum atomic E-state index is 13.2. The van der Waals surface area contributed by atoms with Crippen LogP contribution in [0.15, 0.2) is 36.4 Å². The molecule has 2 aromatic rings. The highest BCUT2D eigenvalue weighted by Gasteiger charge is 2.10. The van der Waals surface area contributed by atoms with Crippen LogP contribution in [0.4, 0.5) is 15.8 Å². The SMILES string of the molecule is COc1ccc(C(C)Nc2cc(Cl)c(F)cc2N)cc1. The van der Waals surface area contributed by atoms with Gasteiger partial charge in [-0.25, -0.2) is 4.39 Å². The lowest BCUT2D eigenvalue weighted by atomic mass is 10.1. The fraction of sp³-hybridized carbons (Fsp3) is 0.200. The standard InChI is InChI=1S/C15H16ClFN2O/c1-9(10-3-5-11(20-2)6-4-10)19-15-7-12(16)13(17)8-14(15)18/h3-9,19H,18H2,1-2H3. The molecule has 3 nitrogen and oxygen atoms in total. The Morgan fingerprint density at radius 1 is 1.25 bits per heavy atom. The van der Waals surface area contributed by atoms with Gasteiger partial charge in [0.2, 0.25) is 0 Å². The van der Waals surface area contributed by atoms with E-state index in [0.717, 1.165) is 11.3 Å². The van der Waals surface area contributed by atoms with Crippen LogP contribution < -0.4 is 15.8 Å². The maximum absolute atomic E-state index is 13.2. The minimum Gasteiger partial charge on any atom is -0.497 e. The van der Waals surface area contributed by atoms with Crippen molar-refractivity contribution in [3.63, 3.8) is 0 Å². The van der Waals surface area contributed by atoms with Crippen LogP contribution in [0.2, 0.25) is 5.02 Å². The summed E-state index contributed by atoms with van der Waals surface area (Å²) in [6, 6.07) is 10.4. The normalized spacial score (nSPS) is 12.0. The molecule has 20 heavy (non-hydrogen) atoms. The minimum atomic E-state index is -0.521. The molecular weight excluding hydrogens is 279 g/mol. The first-order valence-electron chi connectivity index (χ1n) is 6.16. The van der Waals surface area contributed by atoms with Gasteiger partial charge in [0.1, 0.15) is 11.6 Å². The summed E-state index contributed by atoms with van der Waals surface area (Å²) >= 11 is 5.77. The maximum Gasteiger partial charge on any atom is 0.143 e. The summed E-state index contributed by atoms with van der Waals surface area (Å²) in [6.45, 7) is 1.98. The van der Waals surface area contributed by atoms with Crippen LogP contribution in [-0.2, 0) is 0 Å². The van der Waals surface area contributed by atoms with Crippen molar-refractivity contribution in [3.05, 3.63) is 52.8 Å². The first kappa shape index (κ1) is 14.5. The second-order valence-electron chi connectivity index (χ2n) is 4.49. The summed E-state index contributed by atoms with van der Waals surface area (Å²) in [6.07, 6.45) is 0. The fourth-order valence-electron chi connectivity index (χ4n) is 1.90. The van der Waals surface area contributed by atoms with Crippen molar-refractivity contribution in [2.45, 2.75) is 13.0 Å². The van der Waals surface area contributed by atoms with Crippen LogP contribution >= 0.6 is 11.6 Å². The number of anilines is 2. The van der Waals surface area contributed by atoms with Crippen molar-refractivity contribution in [2.75, 3.05) is 18.2 Å². The van der Waals surface area contributed by atoms with Crippen LogP contribution in [0.3, 0.4) is 0 Å². The van der Waals surface area contributed by atoms with Crippen molar-refractivity contribution in [3.8, 4) is 5.75 Å². The number of rotatable bonds is 4. The Hall–Kier alpha value is -1.94. The van der Waals surface area contributed by atoms with E-state index < -0.39 is 5.82 Å². The van der Waals surface area contributed by atoms with E-state index in [1.807, 2.05) is 31.2 Å². The molecule has 106 valence electrons. The molecule has 0 aliphatic carbocycles.